The molecule has 1 fully saturated rings. The van der Waals surface area contributed by atoms with E-state index in [9.17, 15) is 0 Å². The van der Waals surface area contributed by atoms with Gasteiger partial charge < -0.3 is 20.4 Å². The van der Waals surface area contributed by atoms with Gasteiger partial charge in [-0.05, 0) is 37.9 Å². The lowest BCUT2D eigenvalue weighted by Gasteiger charge is -2.29. The first-order valence-corrected chi connectivity index (χ1v) is 7.27. The molecule has 2 N–H and O–H groups in total. The van der Waals surface area contributed by atoms with Crippen LogP contribution in [0.25, 0.3) is 0 Å². The average Bonchev–Trinajstić information content (AvgIpc) is 2.48. The van der Waals surface area contributed by atoms with Gasteiger partial charge in [0.15, 0.2) is 0 Å². The Kier molecular flexibility index (Phi) is 5.48. The van der Waals surface area contributed by atoms with Gasteiger partial charge in [0.05, 0.1) is 0 Å². The third-order valence-electron chi connectivity index (χ3n) is 3.71. The zero-order chi connectivity index (χ0) is 13.5. The molecule has 1 aromatic carbocycles. The van der Waals surface area contributed by atoms with E-state index in [4.69, 9.17) is 0 Å². The van der Waals surface area contributed by atoms with E-state index in [2.05, 4.69) is 58.7 Å². The molecular weight excluding hydrogens is 236 g/mol. The van der Waals surface area contributed by atoms with Crippen molar-refractivity contribution in [1.29, 1.82) is 0 Å². The molecule has 0 aliphatic carbocycles. The molecule has 4 heteroatoms. The molecule has 1 heterocycles. The molecule has 2 rings (SSSR count). The highest BCUT2D eigenvalue weighted by molar-refractivity contribution is 5.55. The van der Waals surface area contributed by atoms with Crippen molar-refractivity contribution in [3.8, 4) is 0 Å². The van der Waals surface area contributed by atoms with Gasteiger partial charge >= 0.3 is 0 Å². The molecule has 1 aliphatic rings. The van der Waals surface area contributed by atoms with Gasteiger partial charge in [-0.2, -0.15) is 0 Å². The standard InChI is InChI=1S/C15H26N4/c1-3-18(2)11-10-17-14-4-6-15(7-5-14)19-12-8-16-9-13-19/h4-7,16-17H,3,8-13H2,1-2H3. The molecule has 0 radical (unpaired) electrons. The van der Waals surface area contributed by atoms with Crippen LogP contribution in [0.4, 0.5) is 11.4 Å². The number of nitrogens with zero attached hydrogens (tertiary/aromatic N) is 2. The van der Waals surface area contributed by atoms with Crippen LogP contribution in [0.1, 0.15) is 6.92 Å². The predicted octanol–water partition coefficient (Wildman–Crippen LogP) is 1.46. The monoisotopic (exact) mass is 262 g/mol. The predicted molar refractivity (Wildman–Crippen MR) is 83.2 cm³/mol. The normalized spacial score (nSPS) is 15.8. The van der Waals surface area contributed by atoms with Crippen LogP contribution in [0.2, 0.25) is 0 Å². The Morgan fingerprint density at radius 2 is 1.89 bits per heavy atom. The van der Waals surface area contributed by atoms with Crippen molar-refractivity contribution < 1.29 is 0 Å². The van der Waals surface area contributed by atoms with E-state index in [0.717, 1.165) is 45.8 Å². The Balaban J connectivity index is 1.80. The minimum atomic E-state index is 0.997. The maximum Gasteiger partial charge on any atom is 0.0368 e. The van der Waals surface area contributed by atoms with Crippen LogP contribution in [0.3, 0.4) is 0 Å². The fourth-order valence-corrected chi connectivity index (χ4v) is 2.26. The summed E-state index contributed by atoms with van der Waals surface area (Å²) in [5.41, 5.74) is 2.54. The van der Waals surface area contributed by atoms with Crippen molar-refractivity contribution in [3.05, 3.63) is 24.3 Å². The first kappa shape index (κ1) is 14.2. The molecular formula is C15H26N4. The summed E-state index contributed by atoms with van der Waals surface area (Å²) in [4.78, 5) is 4.74. The number of rotatable bonds is 6. The Morgan fingerprint density at radius 3 is 2.53 bits per heavy atom. The first-order valence-electron chi connectivity index (χ1n) is 7.27. The van der Waals surface area contributed by atoms with E-state index in [1.54, 1.807) is 0 Å². The van der Waals surface area contributed by atoms with Gasteiger partial charge in [0.2, 0.25) is 0 Å². The van der Waals surface area contributed by atoms with Crippen molar-refractivity contribution in [1.82, 2.24) is 10.2 Å². The van der Waals surface area contributed by atoms with Crippen molar-refractivity contribution in [3.63, 3.8) is 0 Å². The lowest BCUT2D eigenvalue weighted by atomic mass is 10.2. The number of hydrogen-bond donors (Lipinski definition) is 2. The minimum Gasteiger partial charge on any atom is -0.384 e. The van der Waals surface area contributed by atoms with E-state index in [0.29, 0.717) is 0 Å². The molecule has 0 bridgehead atoms. The van der Waals surface area contributed by atoms with Crippen LogP contribution < -0.4 is 15.5 Å². The number of benzene rings is 1. The number of anilines is 2. The van der Waals surface area contributed by atoms with Crippen molar-refractivity contribution >= 4 is 11.4 Å². The van der Waals surface area contributed by atoms with Gasteiger partial charge in [-0.15, -0.1) is 0 Å². The summed E-state index contributed by atoms with van der Waals surface area (Å²) in [5, 5.41) is 6.85. The molecule has 4 nitrogen and oxygen atoms in total. The van der Waals surface area contributed by atoms with Crippen LogP contribution in [0, 0.1) is 0 Å². The van der Waals surface area contributed by atoms with Gasteiger partial charge in [-0.1, -0.05) is 6.92 Å². The number of nitrogens with one attached hydrogen (secondary N) is 2. The van der Waals surface area contributed by atoms with Gasteiger partial charge in [-0.3, -0.25) is 0 Å². The van der Waals surface area contributed by atoms with Crippen molar-refractivity contribution in [2.24, 2.45) is 0 Å². The molecule has 0 spiro atoms. The highest BCUT2D eigenvalue weighted by Crippen LogP contribution is 2.18. The van der Waals surface area contributed by atoms with Crippen LogP contribution >= 0.6 is 0 Å². The summed E-state index contributed by atoms with van der Waals surface area (Å²) in [7, 11) is 2.15. The molecule has 106 valence electrons. The summed E-state index contributed by atoms with van der Waals surface area (Å²) in [6, 6.07) is 8.81. The molecule has 1 aromatic rings. The van der Waals surface area contributed by atoms with Gasteiger partial charge in [0.25, 0.3) is 0 Å². The van der Waals surface area contributed by atoms with E-state index in [1.165, 1.54) is 11.4 Å². The summed E-state index contributed by atoms with van der Waals surface area (Å²) in [6.07, 6.45) is 0. The van der Waals surface area contributed by atoms with Crippen LogP contribution in [-0.4, -0.2) is 57.8 Å². The maximum atomic E-state index is 3.47. The highest BCUT2D eigenvalue weighted by Gasteiger charge is 2.09. The van der Waals surface area contributed by atoms with E-state index < -0.39 is 0 Å². The van der Waals surface area contributed by atoms with Gasteiger partial charge in [-0.25, -0.2) is 0 Å². The quantitative estimate of drug-likeness (QED) is 0.812. The number of piperazine rings is 1. The lowest BCUT2D eigenvalue weighted by molar-refractivity contribution is 0.367. The Bertz CT molecular complexity index is 357. The molecule has 0 saturated carbocycles. The molecule has 0 amide bonds. The van der Waals surface area contributed by atoms with Gasteiger partial charge in [0, 0.05) is 50.6 Å². The largest absolute Gasteiger partial charge is 0.384 e. The lowest BCUT2D eigenvalue weighted by Crippen LogP contribution is -2.43. The van der Waals surface area contributed by atoms with Crippen LogP contribution in [-0.2, 0) is 0 Å². The SMILES string of the molecule is CCN(C)CCNc1ccc(N2CCNCC2)cc1. The molecule has 1 aliphatic heterocycles. The molecule has 19 heavy (non-hydrogen) atoms. The van der Waals surface area contributed by atoms with Crippen molar-refractivity contribution in [2.45, 2.75) is 6.92 Å². The third-order valence-corrected chi connectivity index (χ3v) is 3.71. The highest BCUT2D eigenvalue weighted by atomic mass is 15.2. The summed E-state index contributed by atoms with van der Waals surface area (Å²) in [5.74, 6) is 0. The molecule has 0 atom stereocenters. The summed E-state index contributed by atoms with van der Waals surface area (Å²) < 4.78 is 0. The minimum absolute atomic E-state index is 0.997. The second-order valence-corrected chi connectivity index (χ2v) is 5.11. The summed E-state index contributed by atoms with van der Waals surface area (Å²) >= 11 is 0. The second-order valence-electron chi connectivity index (χ2n) is 5.11. The topological polar surface area (TPSA) is 30.5 Å². The molecule has 1 saturated heterocycles. The summed E-state index contributed by atoms with van der Waals surface area (Å²) in [6.45, 7) is 9.74. The van der Waals surface area contributed by atoms with E-state index in [-0.39, 0.29) is 0 Å². The zero-order valence-corrected chi connectivity index (χ0v) is 12.2. The first-order chi connectivity index (χ1) is 9.29. The average molecular weight is 262 g/mol. The Morgan fingerprint density at radius 1 is 1.21 bits per heavy atom. The fourth-order valence-electron chi connectivity index (χ4n) is 2.26. The fraction of sp³-hybridized carbons (Fsp3) is 0.600. The van der Waals surface area contributed by atoms with Crippen LogP contribution in [0.15, 0.2) is 24.3 Å². The molecule has 0 aromatic heterocycles. The van der Waals surface area contributed by atoms with Gasteiger partial charge in [0.1, 0.15) is 0 Å². The van der Waals surface area contributed by atoms with Crippen LogP contribution in [0.5, 0.6) is 0 Å². The number of likely N-dealkylation sites (N-methyl/N-ethyl adjacent to an activating group) is 1. The van der Waals surface area contributed by atoms with E-state index >= 15 is 0 Å². The Hall–Kier alpha value is -1.26. The zero-order valence-electron chi connectivity index (χ0n) is 12.2. The maximum absolute atomic E-state index is 3.47. The third kappa shape index (κ3) is 4.40. The molecule has 0 unspecified atom stereocenters. The number of hydrogen-bond acceptors (Lipinski definition) is 4. The van der Waals surface area contributed by atoms with E-state index in [1.807, 2.05) is 0 Å². The smallest absolute Gasteiger partial charge is 0.0368 e. The van der Waals surface area contributed by atoms with Crippen molar-refractivity contribution in [2.75, 3.05) is 63.1 Å². The Labute approximate surface area is 116 Å². The second kappa shape index (κ2) is 7.36.